The first-order valence-electron chi connectivity index (χ1n) is 11.4. The number of carbonyl (C=O) groups excluding carboxylic acids is 1. The van der Waals surface area contributed by atoms with Gasteiger partial charge in [0.1, 0.15) is 16.3 Å². The molecule has 0 saturated carbocycles. The molecule has 0 atom stereocenters. The zero-order valence-electron chi connectivity index (χ0n) is 20.0. The summed E-state index contributed by atoms with van der Waals surface area (Å²) < 4.78 is 12.1. The van der Waals surface area contributed by atoms with Gasteiger partial charge in [-0.3, -0.25) is 10.1 Å². The lowest BCUT2D eigenvalue weighted by molar-refractivity contribution is -0.111. The molecule has 0 bridgehead atoms. The molecular weight excluding hydrogens is 458 g/mol. The number of nitrogens with zero attached hydrogens (tertiary/aromatic N) is 2. The maximum absolute atomic E-state index is 12.7. The number of allylic oxidation sites excluding steroid dienone is 1. The fraction of sp³-hybridized carbons (Fsp3) is 0.179. The molecule has 0 saturated heterocycles. The minimum absolute atomic E-state index is 0.264. The smallest absolute Gasteiger partial charge is 0.250 e. The molecule has 0 aliphatic heterocycles. The van der Waals surface area contributed by atoms with E-state index < -0.39 is 0 Å². The summed E-state index contributed by atoms with van der Waals surface area (Å²) in [5.74, 6) is 0.451. The van der Waals surface area contributed by atoms with E-state index in [4.69, 9.17) is 9.15 Å². The Morgan fingerprint density at radius 3 is 2.66 bits per heavy atom. The molecule has 1 amide bonds. The maximum Gasteiger partial charge on any atom is 0.250 e. The van der Waals surface area contributed by atoms with Crippen LogP contribution in [0.2, 0.25) is 0 Å². The Balaban J connectivity index is 1.64. The molecule has 2 aromatic heterocycles. The molecule has 0 radical (unpaired) electrons. The Hall–Kier alpha value is -3.97. The highest BCUT2D eigenvalue weighted by Crippen LogP contribution is 2.42. The van der Waals surface area contributed by atoms with Gasteiger partial charge in [-0.2, -0.15) is 0 Å². The van der Waals surface area contributed by atoms with Gasteiger partial charge >= 0.3 is 0 Å². The van der Waals surface area contributed by atoms with Crippen LogP contribution in [-0.2, 0) is 4.79 Å². The van der Waals surface area contributed by atoms with Crippen molar-refractivity contribution in [3.63, 3.8) is 0 Å². The van der Waals surface area contributed by atoms with Crippen molar-refractivity contribution in [1.82, 2.24) is 10.2 Å². The summed E-state index contributed by atoms with van der Waals surface area (Å²) in [5.41, 5.74) is 5.42. The molecule has 2 heterocycles. The molecule has 6 nitrogen and oxygen atoms in total. The molecule has 1 N–H and O–H groups in total. The van der Waals surface area contributed by atoms with Gasteiger partial charge in [-0.25, -0.2) is 0 Å². The Labute approximate surface area is 207 Å². The predicted molar refractivity (Wildman–Crippen MR) is 142 cm³/mol. The second-order valence-electron chi connectivity index (χ2n) is 8.31. The minimum atomic E-state index is -0.264. The second kappa shape index (κ2) is 9.35. The number of anilines is 1. The molecule has 7 heteroatoms. The van der Waals surface area contributed by atoms with Crippen LogP contribution in [0, 0.1) is 13.8 Å². The monoisotopic (exact) mass is 483 g/mol. The van der Waals surface area contributed by atoms with E-state index in [1.807, 2.05) is 46.1 Å². The number of benzene rings is 3. The van der Waals surface area contributed by atoms with Crippen molar-refractivity contribution < 1.29 is 13.9 Å². The van der Waals surface area contributed by atoms with E-state index >= 15 is 0 Å². The summed E-state index contributed by atoms with van der Waals surface area (Å²) in [5, 5.41) is 15.3. The average molecular weight is 484 g/mol. The van der Waals surface area contributed by atoms with Crippen LogP contribution in [0.4, 0.5) is 5.13 Å². The highest BCUT2D eigenvalue weighted by Gasteiger charge is 2.20. The van der Waals surface area contributed by atoms with Gasteiger partial charge in [0.15, 0.2) is 0 Å². The van der Waals surface area contributed by atoms with Crippen LogP contribution < -0.4 is 10.1 Å². The fourth-order valence-corrected chi connectivity index (χ4v) is 4.97. The summed E-state index contributed by atoms with van der Waals surface area (Å²) in [4.78, 5) is 12.7. The summed E-state index contributed by atoms with van der Waals surface area (Å²) in [6.07, 6.45) is 3.38. The van der Waals surface area contributed by atoms with E-state index in [9.17, 15) is 4.79 Å². The van der Waals surface area contributed by atoms with Crippen LogP contribution in [0.1, 0.15) is 30.0 Å². The number of ether oxygens (including phenoxy) is 1. The summed E-state index contributed by atoms with van der Waals surface area (Å²) in [7, 11) is 0. The van der Waals surface area contributed by atoms with Crippen LogP contribution in [-0.4, -0.2) is 22.7 Å². The minimum Gasteiger partial charge on any atom is -0.493 e. The first-order valence-corrected chi connectivity index (χ1v) is 12.2. The van der Waals surface area contributed by atoms with Crippen LogP contribution >= 0.6 is 11.3 Å². The number of rotatable bonds is 6. The Morgan fingerprint density at radius 2 is 1.89 bits per heavy atom. The standard InChI is InChI=1S/C28H25N3O3S/c1-5-33-26-17(3)27-23(14-22(26)16(2)13-25(32)29-28-31-30-18(4)35-28)24(15-34-27)21-12-8-10-19-9-6-7-11-20(19)21/h6-15H,5H2,1-4H3,(H,29,31,32)/b16-13+. The van der Waals surface area contributed by atoms with Gasteiger partial charge in [0.05, 0.1) is 12.9 Å². The quantitative estimate of drug-likeness (QED) is 0.259. The van der Waals surface area contributed by atoms with Gasteiger partial charge in [0.25, 0.3) is 0 Å². The van der Waals surface area contributed by atoms with Crippen LogP contribution in [0.25, 0.3) is 38.4 Å². The molecule has 35 heavy (non-hydrogen) atoms. The van der Waals surface area contributed by atoms with Gasteiger partial charge in [-0.1, -0.05) is 53.8 Å². The summed E-state index contributed by atoms with van der Waals surface area (Å²) in [6, 6.07) is 16.6. The van der Waals surface area contributed by atoms with Gasteiger partial charge in [0.2, 0.25) is 11.0 Å². The van der Waals surface area contributed by atoms with E-state index in [-0.39, 0.29) is 5.91 Å². The van der Waals surface area contributed by atoms with Crippen LogP contribution in [0.15, 0.2) is 65.3 Å². The molecule has 0 unspecified atom stereocenters. The van der Waals surface area contributed by atoms with Crippen LogP contribution in [0.5, 0.6) is 5.75 Å². The first-order chi connectivity index (χ1) is 17.0. The van der Waals surface area contributed by atoms with Gasteiger partial charge in [-0.15, -0.1) is 10.2 Å². The highest BCUT2D eigenvalue weighted by atomic mass is 32.1. The Kier molecular flexibility index (Phi) is 6.09. The number of amides is 1. The number of furan rings is 1. The molecule has 0 aliphatic carbocycles. The van der Waals surface area contributed by atoms with E-state index in [1.165, 1.54) is 16.7 Å². The lowest BCUT2D eigenvalue weighted by Crippen LogP contribution is -2.08. The number of aromatic nitrogens is 2. The SMILES string of the molecule is CCOc1c(/C(C)=C/C(=O)Nc2nnc(C)s2)cc2c(-c3cccc4ccccc34)coc2c1C. The molecule has 3 aromatic carbocycles. The predicted octanol–water partition coefficient (Wildman–Crippen LogP) is 7.16. The normalized spacial score (nSPS) is 11.8. The van der Waals surface area contributed by atoms with E-state index in [0.29, 0.717) is 17.5 Å². The van der Waals surface area contributed by atoms with Crippen molar-refractivity contribution in [2.75, 3.05) is 11.9 Å². The van der Waals surface area contributed by atoms with Gasteiger partial charge in [-0.05, 0) is 55.7 Å². The van der Waals surface area contributed by atoms with Crippen LogP contribution in [0.3, 0.4) is 0 Å². The number of hydrogen-bond donors (Lipinski definition) is 1. The third-order valence-electron chi connectivity index (χ3n) is 5.94. The lowest BCUT2D eigenvalue weighted by Gasteiger charge is -2.15. The molecule has 5 aromatic rings. The molecule has 0 spiro atoms. The number of aryl methyl sites for hydroxylation is 2. The summed E-state index contributed by atoms with van der Waals surface area (Å²) >= 11 is 1.34. The number of carbonyl (C=O) groups is 1. The number of nitrogens with one attached hydrogen (secondary N) is 1. The van der Waals surface area contributed by atoms with Gasteiger partial charge in [0, 0.05) is 28.2 Å². The highest BCUT2D eigenvalue weighted by molar-refractivity contribution is 7.15. The number of fused-ring (bicyclic) bond motifs is 2. The topological polar surface area (TPSA) is 77.2 Å². The van der Waals surface area contributed by atoms with E-state index in [1.54, 1.807) is 6.08 Å². The fourth-order valence-electron chi connectivity index (χ4n) is 4.37. The third-order valence-corrected chi connectivity index (χ3v) is 6.70. The van der Waals surface area contributed by atoms with Gasteiger partial charge < -0.3 is 9.15 Å². The molecule has 5 rings (SSSR count). The van der Waals surface area contributed by atoms with Crippen molar-refractivity contribution in [1.29, 1.82) is 0 Å². The zero-order valence-corrected chi connectivity index (χ0v) is 20.8. The lowest BCUT2D eigenvalue weighted by atomic mass is 9.94. The molecule has 0 fully saturated rings. The van der Waals surface area contributed by atoms with Crippen molar-refractivity contribution in [3.05, 3.63) is 77.0 Å². The second-order valence-corrected chi connectivity index (χ2v) is 9.49. The Bertz CT molecular complexity index is 1590. The van der Waals surface area contributed by atoms with Crippen molar-refractivity contribution in [2.24, 2.45) is 0 Å². The average Bonchev–Trinajstić information content (AvgIpc) is 3.46. The zero-order chi connectivity index (χ0) is 24.5. The molecule has 0 aliphatic rings. The first kappa shape index (κ1) is 22.8. The van der Waals surface area contributed by atoms with Crippen molar-refractivity contribution in [3.8, 4) is 16.9 Å². The third kappa shape index (κ3) is 4.31. The Morgan fingerprint density at radius 1 is 1.09 bits per heavy atom. The summed E-state index contributed by atoms with van der Waals surface area (Å²) in [6.45, 7) is 8.19. The van der Waals surface area contributed by atoms with Crippen molar-refractivity contribution in [2.45, 2.75) is 27.7 Å². The molecule has 176 valence electrons. The maximum atomic E-state index is 12.7. The largest absolute Gasteiger partial charge is 0.493 e. The number of hydrogen-bond acceptors (Lipinski definition) is 6. The molecular formula is C28H25N3O3S. The van der Waals surface area contributed by atoms with E-state index in [2.05, 4.69) is 51.9 Å². The van der Waals surface area contributed by atoms with Crippen molar-refractivity contribution >= 4 is 49.7 Å². The van der Waals surface area contributed by atoms with E-state index in [0.717, 1.165) is 49.2 Å².